The van der Waals surface area contributed by atoms with Gasteiger partial charge in [0.2, 0.25) is 0 Å². The average Bonchev–Trinajstić information content (AvgIpc) is 3.84. The maximum atomic E-state index is 3.78. The van der Waals surface area contributed by atoms with Crippen molar-refractivity contribution in [3.05, 3.63) is 175 Å². The van der Waals surface area contributed by atoms with Crippen molar-refractivity contribution in [2.75, 3.05) is 4.90 Å². The predicted octanol–water partition coefficient (Wildman–Crippen LogP) is 14.3. The molecule has 1 N–H and O–H groups in total. The number of anilines is 3. The summed E-state index contributed by atoms with van der Waals surface area (Å²) < 4.78 is 2.64. The molecule has 2 heterocycles. The molecule has 3 heteroatoms. The Morgan fingerprint density at radius 1 is 0.481 bits per heavy atom. The van der Waals surface area contributed by atoms with Crippen LogP contribution in [0.1, 0.15) is 25.0 Å². The fourth-order valence-corrected chi connectivity index (χ4v) is 10.1. The zero-order valence-electron chi connectivity index (χ0n) is 28.9. The van der Waals surface area contributed by atoms with E-state index in [9.17, 15) is 0 Å². The van der Waals surface area contributed by atoms with Crippen LogP contribution in [0.25, 0.3) is 75.0 Å². The molecule has 52 heavy (non-hydrogen) atoms. The van der Waals surface area contributed by atoms with Crippen LogP contribution in [0.4, 0.5) is 17.1 Å². The molecule has 2 aromatic heterocycles. The summed E-state index contributed by atoms with van der Waals surface area (Å²) in [5, 5.41) is 7.78. The molecule has 0 spiro atoms. The van der Waals surface area contributed by atoms with Gasteiger partial charge in [0.1, 0.15) is 0 Å². The molecule has 8 aromatic carbocycles. The van der Waals surface area contributed by atoms with E-state index in [1.54, 1.807) is 0 Å². The second-order valence-electron chi connectivity index (χ2n) is 14.6. The van der Waals surface area contributed by atoms with Gasteiger partial charge in [-0.15, -0.1) is 11.3 Å². The number of aromatic nitrogens is 1. The van der Waals surface area contributed by atoms with Crippen LogP contribution in [0.5, 0.6) is 0 Å². The van der Waals surface area contributed by atoms with E-state index in [0.717, 1.165) is 17.1 Å². The topological polar surface area (TPSA) is 19.0 Å². The monoisotopic (exact) mass is 682 g/mol. The molecule has 1 aliphatic rings. The summed E-state index contributed by atoms with van der Waals surface area (Å²) >= 11 is 1.91. The normalized spacial score (nSPS) is 13.3. The van der Waals surface area contributed by atoms with Crippen molar-refractivity contribution in [3.8, 4) is 22.3 Å². The van der Waals surface area contributed by atoms with Crippen molar-refractivity contribution in [1.29, 1.82) is 0 Å². The van der Waals surface area contributed by atoms with Crippen LogP contribution in [-0.2, 0) is 5.41 Å². The van der Waals surface area contributed by atoms with Gasteiger partial charge in [-0.05, 0) is 87.3 Å². The largest absolute Gasteiger partial charge is 0.354 e. The van der Waals surface area contributed by atoms with Crippen LogP contribution >= 0.6 is 11.3 Å². The Bertz CT molecular complexity index is 3040. The zero-order valence-corrected chi connectivity index (χ0v) is 29.8. The van der Waals surface area contributed by atoms with E-state index in [1.807, 2.05) is 11.3 Å². The Balaban J connectivity index is 1.16. The van der Waals surface area contributed by atoms with Crippen LogP contribution in [-0.4, -0.2) is 4.98 Å². The molecule has 2 nitrogen and oxygen atoms in total. The standard InChI is InChI=1S/C49H34N2S/c1-49(2)41-18-10-8-14-35(41)36-26-24-34(29-42(36)49)51(32-22-20-31(21-23-32)30-12-4-3-5-13-30)33-25-27-44-40(28-33)45-37-15-6-7-16-38(37)47-46(48(45)52-44)39-17-9-11-19-43(39)50-47/h3-29,50H,1-2H3. The van der Waals surface area contributed by atoms with E-state index >= 15 is 0 Å². The third-order valence-corrected chi connectivity index (χ3v) is 12.6. The number of benzene rings is 8. The number of H-pyrrole nitrogens is 1. The third-order valence-electron chi connectivity index (χ3n) is 11.4. The van der Waals surface area contributed by atoms with Crippen molar-refractivity contribution in [1.82, 2.24) is 4.98 Å². The number of nitrogens with zero attached hydrogens (tertiary/aromatic N) is 1. The summed E-state index contributed by atoms with van der Waals surface area (Å²) in [6, 6.07) is 60.4. The van der Waals surface area contributed by atoms with E-state index in [1.165, 1.54) is 86.1 Å². The number of aromatic amines is 1. The lowest BCUT2D eigenvalue weighted by Crippen LogP contribution is -2.16. The minimum absolute atomic E-state index is 0.0953. The summed E-state index contributed by atoms with van der Waals surface area (Å²) in [5.41, 5.74) is 13.6. The van der Waals surface area contributed by atoms with E-state index in [-0.39, 0.29) is 5.41 Å². The molecule has 0 unspecified atom stereocenters. The number of thiophene rings is 1. The van der Waals surface area contributed by atoms with E-state index in [0.29, 0.717) is 0 Å². The van der Waals surface area contributed by atoms with Crippen molar-refractivity contribution in [2.45, 2.75) is 19.3 Å². The van der Waals surface area contributed by atoms with E-state index in [4.69, 9.17) is 0 Å². The molecule has 10 aromatic rings. The van der Waals surface area contributed by atoms with Crippen molar-refractivity contribution in [3.63, 3.8) is 0 Å². The second kappa shape index (κ2) is 10.9. The molecule has 0 radical (unpaired) electrons. The molecule has 0 fully saturated rings. The third kappa shape index (κ3) is 4.17. The Kier molecular flexibility index (Phi) is 6.21. The minimum Gasteiger partial charge on any atom is -0.354 e. The van der Waals surface area contributed by atoms with E-state index < -0.39 is 0 Å². The number of hydrogen-bond donors (Lipinski definition) is 1. The average molecular weight is 683 g/mol. The van der Waals surface area contributed by atoms with Crippen molar-refractivity contribution in [2.24, 2.45) is 0 Å². The molecule has 0 saturated heterocycles. The molecule has 11 rings (SSSR count). The first-order chi connectivity index (χ1) is 25.5. The van der Waals surface area contributed by atoms with Gasteiger partial charge >= 0.3 is 0 Å². The van der Waals surface area contributed by atoms with Crippen LogP contribution in [0.3, 0.4) is 0 Å². The SMILES string of the molecule is CC1(C)c2ccccc2-c2ccc(N(c3ccc(-c4ccccc4)cc3)c3ccc4sc5c(c4c3)c3ccccc3c3[nH]c4ccccc4c35)cc21. The molecule has 0 saturated carbocycles. The maximum absolute atomic E-state index is 3.78. The van der Waals surface area contributed by atoms with Gasteiger partial charge in [0, 0.05) is 64.3 Å². The lowest BCUT2D eigenvalue weighted by Gasteiger charge is -2.28. The van der Waals surface area contributed by atoms with Crippen molar-refractivity contribution >= 4 is 81.1 Å². The smallest absolute Gasteiger partial charge is 0.0559 e. The number of rotatable bonds is 4. The highest BCUT2D eigenvalue weighted by atomic mass is 32.1. The highest BCUT2D eigenvalue weighted by Crippen LogP contribution is 2.52. The van der Waals surface area contributed by atoms with Gasteiger partial charge in [-0.1, -0.05) is 129 Å². The molecule has 246 valence electrons. The fourth-order valence-electron chi connectivity index (χ4n) is 8.88. The number of hydrogen-bond acceptors (Lipinski definition) is 2. The first-order valence-corrected chi connectivity index (χ1v) is 18.8. The van der Waals surface area contributed by atoms with Gasteiger partial charge in [0.25, 0.3) is 0 Å². The van der Waals surface area contributed by atoms with Crippen LogP contribution in [0.15, 0.2) is 164 Å². The Morgan fingerprint density at radius 3 is 1.96 bits per heavy atom. The highest BCUT2D eigenvalue weighted by Gasteiger charge is 2.35. The van der Waals surface area contributed by atoms with E-state index in [2.05, 4.69) is 188 Å². The molecule has 0 atom stereocenters. The summed E-state index contributed by atoms with van der Waals surface area (Å²) in [6.07, 6.45) is 0. The molecule has 0 amide bonds. The Hall–Kier alpha value is -6.16. The Morgan fingerprint density at radius 2 is 1.12 bits per heavy atom. The fraction of sp³-hybridized carbons (Fsp3) is 0.0612. The highest BCUT2D eigenvalue weighted by molar-refractivity contribution is 7.27. The number of fused-ring (bicyclic) bond motifs is 13. The molecule has 0 aliphatic heterocycles. The number of nitrogens with one attached hydrogen (secondary N) is 1. The quantitative estimate of drug-likeness (QED) is 0.196. The van der Waals surface area contributed by atoms with Gasteiger partial charge < -0.3 is 9.88 Å². The van der Waals surface area contributed by atoms with Gasteiger partial charge in [-0.2, -0.15) is 0 Å². The molecular formula is C49H34N2S. The predicted molar refractivity (Wildman–Crippen MR) is 224 cm³/mol. The van der Waals surface area contributed by atoms with Crippen LogP contribution < -0.4 is 4.90 Å². The van der Waals surface area contributed by atoms with Crippen LogP contribution in [0.2, 0.25) is 0 Å². The molecule has 1 aliphatic carbocycles. The van der Waals surface area contributed by atoms with Gasteiger partial charge in [0.15, 0.2) is 0 Å². The van der Waals surface area contributed by atoms with Crippen molar-refractivity contribution < 1.29 is 0 Å². The van der Waals surface area contributed by atoms with Gasteiger partial charge in [-0.25, -0.2) is 0 Å². The molecule has 0 bridgehead atoms. The summed E-state index contributed by atoms with van der Waals surface area (Å²) in [4.78, 5) is 6.23. The minimum atomic E-state index is -0.0953. The Labute approximate surface area is 306 Å². The summed E-state index contributed by atoms with van der Waals surface area (Å²) in [7, 11) is 0. The lowest BCUT2D eigenvalue weighted by molar-refractivity contribution is 0.660. The zero-order chi connectivity index (χ0) is 34.6. The van der Waals surface area contributed by atoms with Crippen LogP contribution in [0, 0.1) is 0 Å². The number of para-hydroxylation sites is 1. The first-order valence-electron chi connectivity index (χ1n) is 18.0. The van der Waals surface area contributed by atoms with Gasteiger partial charge in [-0.3, -0.25) is 0 Å². The second-order valence-corrected chi connectivity index (χ2v) is 15.7. The lowest BCUT2D eigenvalue weighted by atomic mass is 9.82. The summed E-state index contributed by atoms with van der Waals surface area (Å²) in [6.45, 7) is 4.72. The molecular weight excluding hydrogens is 649 g/mol. The maximum Gasteiger partial charge on any atom is 0.0559 e. The summed E-state index contributed by atoms with van der Waals surface area (Å²) in [5.74, 6) is 0. The first kappa shape index (κ1) is 29.6. The van der Waals surface area contributed by atoms with Gasteiger partial charge in [0.05, 0.1) is 5.52 Å².